The highest BCUT2D eigenvalue weighted by molar-refractivity contribution is 5.45. The number of aryl methyl sites for hydroxylation is 2. The number of nitrogens with zero attached hydrogens (tertiary/aromatic N) is 1. The van der Waals surface area contributed by atoms with Crippen molar-refractivity contribution in [2.45, 2.75) is 33.2 Å². The van der Waals surface area contributed by atoms with E-state index in [0.29, 0.717) is 6.04 Å². The second kappa shape index (κ2) is 6.40. The minimum absolute atomic E-state index is 0.468. The van der Waals surface area contributed by atoms with Gasteiger partial charge in [0.15, 0.2) is 0 Å². The third-order valence-electron chi connectivity index (χ3n) is 3.99. The van der Waals surface area contributed by atoms with Crippen molar-refractivity contribution in [2.75, 3.05) is 33.3 Å². The molecule has 1 fully saturated rings. The van der Waals surface area contributed by atoms with E-state index in [1.165, 1.54) is 16.7 Å². The highest BCUT2D eigenvalue weighted by atomic mass is 16.5. The summed E-state index contributed by atoms with van der Waals surface area (Å²) in [4.78, 5) is 2.58. The Morgan fingerprint density at radius 2 is 1.95 bits per heavy atom. The van der Waals surface area contributed by atoms with Gasteiger partial charge in [0.05, 0.1) is 7.11 Å². The van der Waals surface area contributed by atoms with Crippen LogP contribution < -0.4 is 10.1 Å². The average Bonchev–Trinajstić information content (AvgIpc) is 2.40. The van der Waals surface area contributed by atoms with E-state index in [2.05, 4.69) is 43.1 Å². The predicted molar refractivity (Wildman–Crippen MR) is 79.9 cm³/mol. The average molecular weight is 262 g/mol. The van der Waals surface area contributed by atoms with Crippen molar-refractivity contribution in [1.29, 1.82) is 0 Å². The van der Waals surface area contributed by atoms with E-state index in [4.69, 9.17) is 4.74 Å². The molecule has 0 amide bonds. The molecular formula is C16H26N2O. The fourth-order valence-corrected chi connectivity index (χ4v) is 3.18. The van der Waals surface area contributed by atoms with E-state index in [0.717, 1.165) is 38.3 Å². The first-order valence-corrected chi connectivity index (χ1v) is 7.27. The van der Waals surface area contributed by atoms with Crippen molar-refractivity contribution in [1.82, 2.24) is 10.2 Å². The maximum atomic E-state index is 5.66. The molecule has 0 aromatic heterocycles. The summed E-state index contributed by atoms with van der Waals surface area (Å²) in [6.07, 6.45) is 1.12. The van der Waals surface area contributed by atoms with Crippen molar-refractivity contribution in [3.63, 3.8) is 0 Å². The predicted octanol–water partition coefficient (Wildman–Crippen LogP) is 2.67. The Morgan fingerprint density at radius 3 is 2.53 bits per heavy atom. The first-order valence-electron chi connectivity index (χ1n) is 7.27. The number of ether oxygens (including phenoxy) is 1. The van der Waals surface area contributed by atoms with Gasteiger partial charge in [-0.25, -0.2) is 0 Å². The SMILES string of the molecule is CCC(c1cc(C)cc(C)c1OC)N1CCNCC1. The first-order chi connectivity index (χ1) is 9.17. The molecule has 0 bridgehead atoms. The second-order valence-corrected chi connectivity index (χ2v) is 5.41. The van der Waals surface area contributed by atoms with Gasteiger partial charge in [-0.3, -0.25) is 4.90 Å². The van der Waals surface area contributed by atoms with Crippen LogP contribution in [0.3, 0.4) is 0 Å². The lowest BCUT2D eigenvalue weighted by atomic mass is 9.96. The Bertz CT molecular complexity index is 425. The lowest BCUT2D eigenvalue weighted by Gasteiger charge is -2.35. The summed E-state index contributed by atoms with van der Waals surface area (Å²) >= 11 is 0. The second-order valence-electron chi connectivity index (χ2n) is 5.41. The molecule has 1 aliphatic heterocycles. The van der Waals surface area contributed by atoms with Gasteiger partial charge in [-0.2, -0.15) is 0 Å². The number of methoxy groups -OCH3 is 1. The van der Waals surface area contributed by atoms with Crippen molar-refractivity contribution >= 4 is 0 Å². The molecular weight excluding hydrogens is 236 g/mol. The van der Waals surface area contributed by atoms with E-state index < -0.39 is 0 Å². The van der Waals surface area contributed by atoms with Gasteiger partial charge in [0.2, 0.25) is 0 Å². The molecule has 1 aromatic rings. The van der Waals surface area contributed by atoms with Crippen LogP contribution in [0.15, 0.2) is 12.1 Å². The largest absolute Gasteiger partial charge is 0.496 e. The normalized spacial score (nSPS) is 18.3. The molecule has 0 saturated carbocycles. The van der Waals surface area contributed by atoms with Gasteiger partial charge < -0.3 is 10.1 Å². The fourth-order valence-electron chi connectivity index (χ4n) is 3.18. The summed E-state index contributed by atoms with van der Waals surface area (Å²) in [5.41, 5.74) is 3.91. The van der Waals surface area contributed by atoms with Gasteiger partial charge in [-0.05, 0) is 25.8 Å². The minimum Gasteiger partial charge on any atom is -0.496 e. The summed E-state index contributed by atoms with van der Waals surface area (Å²) in [5, 5.41) is 3.42. The van der Waals surface area contributed by atoms with Crippen LogP contribution in [0.4, 0.5) is 0 Å². The van der Waals surface area contributed by atoms with Crippen LogP contribution >= 0.6 is 0 Å². The molecule has 3 heteroatoms. The Morgan fingerprint density at radius 1 is 1.26 bits per heavy atom. The van der Waals surface area contributed by atoms with E-state index in [-0.39, 0.29) is 0 Å². The van der Waals surface area contributed by atoms with E-state index in [1.807, 2.05) is 0 Å². The zero-order valence-electron chi connectivity index (χ0n) is 12.6. The van der Waals surface area contributed by atoms with Gasteiger partial charge in [0, 0.05) is 37.8 Å². The Labute approximate surface area is 116 Å². The standard InChI is InChI=1S/C16H26N2O/c1-5-15(18-8-6-17-7-9-18)14-11-12(2)10-13(3)16(14)19-4/h10-11,15,17H,5-9H2,1-4H3. The molecule has 0 radical (unpaired) electrons. The Kier molecular flexibility index (Phi) is 4.83. The van der Waals surface area contributed by atoms with E-state index >= 15 is 0 Å². The fraction of sp³-hybridized carbons (Fsp3) is 0.625. The molecule has 19 heavy (non-hydrogen) atoms. The molecule has 1 saturated heterocycles. The Balaban J connectivity index is 2.36. The number of rotatable bonds is 4. The first kappa shape index (κ1) is 14.4. The van der Waals surface area contributed by atoms with Crippen molar-refractivity contribution in [3.8, 4) is 5.75 Å². The van der Waals surface area contributed by atoms with Gasteiger partial charge in [0.1, 0.15) is 5.75 Å². The van der Waals surface area contributed by atoms with Crippen LogP contribution in [0.2, 0.25) is 0 Å². The molecule has 1 atom stereocenters. The van der Waals surface area contributed by atoms with Gasteiger partial charge >= 0.3 is 0 Å². The zero-order chi connectivity index (χ0) is 13.8. The number of hydrogen-bond acceptors (Lipinski definition) is 3. The van der Waals surface area contributed by atoms with Gasteiger partial charge in [0.25, 0.3) is 0 Å². The third-order valence-corrected chi connectivity index (χ3v) is 3.99. The molecule has 106 valence electrons. The monoisotopic (exact) mass is 262 g/mol. The molecule has 2 rings (SSSR count). The molecule has 1 aromatic carbocycles. The number of benzene rings is 1. The van der Waals surface area contributed by atoms with Crippen molar-refractivity contribution in [2.24, 2.45) is 0 Å². The van der Waals surface area contributed by atoms with E-state index in [1.54, 1.807) is 7.11 Å². The highest BCUT2D eigenvalue weighted by Crippen LogP contribution is 2.35. The van der Waals surface area contributed by atoms with Crippen LogP contribution in [0, 0.1) is 13.8 Å². The number of hydrogen-bond donors (Lipinski definition) is 1. The van der Waals surface area contributed by atoms with Crippen LogP contribution in [-0.2, 0) is 0 Å². The summed E-state index contributed by atoms with van der Waals surface area (Å²) < 4.78 is 5.66. The van der Waals surface area contributed by atoms with Crippen LogP contribution in [0.5, 0.6) is 5.75 Å². The van der Waals surface area contributed by atoms with Crippen LogP contribution in [0.1, 0.15) is 36.1 Å². The molecule has 1 aliphatic rings. The van der Waals surface area contributed by atoms with Crippen LogP contribution in [-0.4, -0.2) is 38.2 Å². The molecule has 1 unspecified atom stereocenters. The van der Waals surface area contributed by atoms with Gasteiger partial charge in [-0.15, -0.1) is 0 Å². The molecule has 0 aliphatic carbocycles. The molecule has 1 N–H and O–H groups in total. The zero-order valence-corrected chi connectivity index (χ0v) is 12.6. The smallest absolute Gasteiger partial charge is 0.126 e. The highest BCUT2D eigenvalue weighted by Gasteiger charge is 2.24. The molecule has 3 nitrogen and oxygen atoms in total. The van der Waals surface area contributed by atoms with E-state index in [9.17, 15) is 0 Å². The van der Waals surface area contributed by atoms with Crippen LogP contribution in [0.25, 0.3) is 0 Å². The summed E-state index contributed by atoms with van der Waals surface area (Å²) in [5.74, 6) is 1.07. The van der Waals surface area contributed by atoms with Gasteiger partial charge in [-0.1, -0.05) is 24.6 Å². The maximum Gasteiger partial charge on any atom is 0.126 e. The molecule has 0 spiro atoms. The maximum absolute atomic E-state index is 5.66. The van der Waals surface area contributed by atoms with Crippen molar-refractivity contribution < 1.29 is 4.74 Å². The lowest BCUT2D eigenvalue weighted by molar-refractivity contribution is 0.166. The number of piperazine rings is 1. The summed E-state index contributed by atoms with van der Waals surface area (Å²) in [7, 11) is 1.78. The number of nitrogens with one attached hydrogen (secondary N) is 1. The summed E-state index contributed by atoms with van der Waals surface area (Å²) in [6, 6.07) is 4.96. The third kappa shape index (κ3) is 3.10. The topological polar surface area (TPSA) is 24.5 Å². The van der Waals surface area contributed by atoms with Crippen molar-refractivity contribution in [3.05, 3.63) is 28.8 Å². The quantitative estimate of drug-likeness (QED) is 0.903. The lowest BCUT2D eigenvalue weighted by Crippen LogP contribution is -2.45. The summed E-state index contributed by atoms with van der Waals surface area (Å²) in [6.45, 7) is 11.0. The minimum atomic E-state index is 0.468. The molecule has 1 heterocycles. The Hall–Kier alpha value is -1.06.